The van der Waals surface area contributed by atoms with Crippen molar-refractivity contribution in [1.29, 1.82) is 0 Å². The van der Waals surface area contributed by atoms with Crippen molar-refractivity contribution in [3.8, 4) is 16.9 Å². The van der Waals surface area contributed by atoms with Crippen molar-refractivity contribution in [3.63, 3.8) is 0 Å². The average molecular weight is 371 g/mol. The zero-order chi connectivity index (χ0) is 19.3. The van der Waals surface area contributed by atoms with Crippen LogP contribution in [0.2, 0.25) is 0 Å². The molecule has 0 aliphatic heterocycles. The molecule has 2 aromatic carbocycles. The molecule has 0 N–H and O–H groups in total. The summed E-state index contributed by atoms with van der Waals surface area (Å²) in [5, 5.41) is 4.83. The first-order valence-electron chi connectivity index (χ1n) is 9.81. The lowest BCUT2D eigenvalue weighted by Gasteiger charge is -2.19. The molecule has 0 bridgehead atoms. The smallest absolute Gasteiger partial charge is 0.223 e. The minimum absolute atomic E-state index is 0.183. The summed E-state index contributed by atoms with van der Waals surface area (Å²) in [6.07, 6.45) is 9.14. The van der Waals surface area contributed by atoms with Crippen LogP contribution in [-0.4, -0.2) is 27.6 Å². The minimum atomic E-state index is 0.183. The molecule has 0 fully saturated rings. The van der Waals surface area contributed by atoms with E-state index in [1.54, 1.807) is 0 Å². The maximum Gasteiger partial charge on any atom is 0.223 e. The Morgan fingerprint density at radius 3 is 2.50 bits per heavy atom. The molecule has 28 heavy (non-hydrogen) atoms. The summed E-state index contributed by atoms with van der Waals surface area (Å²) in [5.41, 5.74) is 4.04. The third-order valence-corrected chi connectivity index (χ3v) is 5.24. The van der Waals surface area contributed by atoms with Crippen molar-refractivity contribution >= 4 is 5.91 Å². The van der Waals surface area contributed by atoms with E-state index in [0.29, 0.717) is 18.9 Å². The van der Waals surface area contributed by atoms with Gasteiger partial charge < -0.3 is 4.90 Å². The molecule has 4 heteroatoms. The lowest BCUT2D eigenvalue weighted by molar-refractivity contribution is -0.131. The molecule has 142 valence electrons. The van der Waals surface area contributed by atoms with Gasteiger partial charge in [0.15, 0.2) is 0 Å². The first kappa shape index (κ1) is 18.2. The van der Waals surface area contributed by atoms with Gasteiger partial charge in [0.05, 0.1) is 11.4 Å². The Morgan fingerprint density at radius 2 is 1.82 bits per heavy atom. The van der Waals surface area contributed by atoms with E-state index in [1.807, 2.05) is 71.4 Å². The SMILES string of the molecule is CN(Cc1cn(-c2ccccc2)nc1-c1ccccc1)C(=O)C[C@@H]1C=CCC1. The van der Waals surface area contributed by atoms with Gasteiger partial charge in [-0.1, -0.05) is 60.7 Å². The highest BCUT2D eigenvalue weighted by Gasteiger charge is 2.20. The molecule has 0 saturated carbocycles. The summed E-state index contributed by atoms with van der Waals surface area (Å²) in [5.74, 6) is 0.568. The van der Waals surface area contributed by atoms with E-state index in [0.717, 1.165) is 35.3 Å². The molecule has 1 aliphatic carbocycles. The standard InChI is InChI=1S/C24H25N3O/c1-26(23(28)16-19-10-8-9-11-19)17-21-18-27(22-14-6-3-7-15-22)25-24(21)20-12-4-2-5-13-20/h2-8,10,12-15,18-19H,9,11,16-17H2,1H3/t19-/m1/s1. The molecular weight excluding hydrogens is 346 g/mol. The average Bonchev–Trinajstić information content (AvgIpc) is 3.39. The molecule has 0 radical (unpaired) electrons. The third kappa shape index (κ3) is 4.06. The van der Waals surface area contributed by atoms with Crippen molar-refractivity contribution in [2.24, 2.45) is 5.92 Å². The molecule has 3 aromatic rings. The second-order valence-electron chi connectivity index (χ2n) is 7.37. The Labute approximate surface area is 166 Å². The van der Waals surface area contributed by atoms with Crippen molar-refractivity contribution < 1.29 is 4.79 Å². The van der Waals surface area contributed by atoms with Gasteiger partial charge in [-0.3, -0.25) is 4.79 Å². The largest absolute Gasteiger partial charge is 0.341 e. The van der Waals surface area contributed by atoms with Gasteiger partial charge in [-0.05, 0) is 30.9 Å². The quantitative estimate of drug-likeness (QED) is 0.581. The predicted molar refractivity (Wildman–Crippen MR) is 112 cm³/mol. The molecule has 1 heterocycles. The Morgan fingerprint density at radius 1 is 1.11 bits per heavy atom. The summed E-state index contributed by atoms with van der Waals surface area (Å²) >= 11 is 0. The maximum atomic E-state index is 12.7. The molecule has 4 rings (SSSR count). The maximum absolute atomic E-state index is 12.7. The monoisotopic (exact) mass is 371 g/mol. The van der Waals surface area contributed by atoms with Gasteiger partial charge in [-0.15, -0.1) is 0 Å². The van der Waals surface area contributed by atoms with E-state index >= 15 is 0 Å². The molecule has 4 nitrogen and oxygen atoms in total. The first-order chi connectivity index (χ1) is 13.7. The number of carbonyl (C=O) groups is 1. The fraction of sp³-hybridized carbons (Fsp3) is 0.250. The fourth-order valence-electron chi connectivity index (χ4n) is 3.67. The van der Waals surface area contributed by atoms with E-state index in [1.165, 1.54) is 0 Å². The Kier molecular flexibility index (Phi) is 5.38. The van der Waals surface area contributed by atoms with Crippen molar-refractivity contribution in [1.82, 2.24) is 14.7 Å². The highest BCUT2D eigenvalue weighted by Crippen LogP contribution is 2.26. The lowest BCUT2D eigenvalue weighted by atomic mass is 10.0. The molecule has 1 aromatic heterocycles. The van der Waals surface area contributed by atoms with Crippen LogP contribution in [-0.2, 0) is 11.3 Å². The lowest BCUT2D eigenvalue weighted by Crippen LogP contribution is -2.27. The van der Waals surface area contributed by atoms with Gasteiger partial charge in [0.25, 0.3) is 0 Å². The van der Waals surface area contributed by atoms with E-state index in [2.05, 4.69) is 24.3 Å². The fourth-order valence-corrected chi connectivity index (χ4v) is 3.67. The number of hydrogen-bond acceptors (Lipinski definition) is 2. The summed E-state index contributed by atoms with van der Waals surface area (Å²) in [4.78, 5) is 14.5. The number of para-hydroxylation sites is 1. The van der Waals surface area contributed by atoms with Gasteiger partial charge in [0.1, 0.15) is 0 Å². The topological polar surface area (TPSA) is 38.1 Å². The van der Waals surface area contributed by atoms with Crippen molar-refractivity contribution in [2.45, 2.75) is 25.8 Å². The normalized spacial score (nSPS) is 15.7. The second kappa shape index (κ2) is 8.26. The zero-order valence-corrected chi connectivity index (χ0v) is 16.2. The first-order valence-corrected chi connectivity index (χ1v) is 9.81. The van der Waals surface area contributed by atoms with Gasteiger partial charge in [-0.2, -0.15) is 5.10 Å². The molecule has 1 aliphatic rings. The molecular formula is C24H25N3O. The summed E-state index contributed by atoms with van der Waals surface area (Å²) in [6.45, 7) is 0.548. The summed E-state index contributed by atoms with van der Waals surface area (Å²) < 4.78 is 1.90. The number of nitrogens with zero attached hydrogens (tertiary/aromatic N) is 3. The van der Waals surface area contributed by atoms with E-state index in [-0.39, 0.29) is 5.91 Å². The van der Waals surface area contributed by atoms with Crippen LogP contribution in [0.5, 0.6) is 0 Å². The van der Waals surface area contributed by atoms with Crippen LogP contribution in [0.25, 0.3) is 16.9 Å². The van der Waals surface area contributed by atoms with Crippen LogP contribution in [0, 0.1) is 5.92 Å². The number of rotatable bonds is 6. The van der Waals surface area contributed by atoms with Crippen LogP contribution in [0.1, 0.15) is 24.8 Å². The molecule has 1 amide bonds. The highest BCUT2D eigenvalue weighted by atomic mass is 16.2. The Bertz CT molecular complexity index is 960. The van der Waals surface area contributed by atoms with Crippen LogP contribution in [0.4, 0.5) is 0 Å². The molecule has 0 saturated heterocycles. The summed E-state index contributed by atoms with van der Waals surface area (Å²) in [6, 6.07) is 20.2. The summed E-state index contributed by atoms with van der Waals surface area (Å²) in [7, 11) is 1.88. The van der Waals surface area contributed by atoms with Crippen LogP contribution < -0.4 is 0 Å². The van der Waals surface area contributed by atoms with Crippen molar-refractivity contribution in [3.05, 3.63) is 84.6 Å². The third-order valence-electron chi connectivity index (χ3n) is 5.24. The molecule has 0 unspecified atom stereocenters. The number of hydrogen-bond donors (Lipinski definition) is 0. The van der Waals surface area contributed by atoms with Crippen molar-refractivity contribution in [2.75, 3.05) is 7.05 Å². The van der Waals surface area contributed by atoms with Crippen LogP contribution >= 0.6 is 0 Å². The van der Waals surface area contributed by atoms with Gasteiger partial charge in [0, 0.05) is 37.3 Å². The van der Waals surface area contributed by atoms with E-state index in [4.69, 9.17) is 5.10 Å². The highest BCUT2D eigenvalue weighted by molar-refractivity contribution is 5.77. The Balaban J connectivity index is 1.60. The second-order valence-corrected chi connectivity index (χ2v) is 7.37. The van der Waals surface area contributed by atoms with E-state index < -0.39 is 0 Å². The minimum Gasteiger partial charge on any atom is -0.341 e. The molecule has 0 spiro atoms. The number of benzene rings is 2. The van der Waals surface area contributed by atoms with Gasteiger partial charge >= 0.3 is 0 Å². The number of allylic oxidation sites excluding steroid dienone is 2. The number of amides is 1. The number of carbonyl (C=O) groups excluding carboxylic acids is 1. The van der Waals surface area contributed by atoms with E-state index in [9.17, 15) is 4.79 Å². The zero-order valence-electron chi connectivity index (χ0n) is 16.2. The van der Waals surface area contributed by atoms with Crippen LogP contribution in [0.15, 0.2) is 79.0 Å². The number of aromatic nitrogens is 2. The Hall–Kier alpha value is -3.14. The van der Waals surface area contributed by atoms with Gasteiger partial charge in [-0.25, -0.2) is 4.68 Å². The van der Waals surface area contributed by atoms with Crippen LogP contribution in [0.3, 0.4) is 0 Å². The predicted octanol–water partition coefficient (Wildman–Crippen LogP) is 4.85. The molecule has 1 atom stereocenters. The van der Waals surface area contributed by atoms with Gasteiger partial charge in [0.2, 0.25) is 5.91 Å².